The van der Waals surface area contributed by atoms with Gasteiger partial charge in [-0.15, -0.1) is 0 Å². The molecule has 1 N–H and O–H groups in total. The first kappa shape index (κ1) is 14.5. The molecule has 20 heavy (non-hydrogen) atoms. The molecule has 0 aliphatic carbocycles. The van der Waals surface area contributed by atoms with E-state index in [1.54, 1.807) is 18.3 Å². The zero-order chi connectivity index (χ0) is 14.5. The van der Waals surface area contributed by atoms with Gasteiger partial charge < -0.3 is 0 Å². The van der Waals surface area contributed by atoms with Gasteiger partial charge in [0.1, 0.15) is 0 Å². The van der Waals surface area contributed by atoms with Crippen LogP contribution in [-0.4, -0.2) is 12.1 Å². The zero-order valence-electron chi connectivity index (χ0n) is 11.4. The Kier molecular flexibility index (Phi) is 4.69. The van der Waals surface area contributed by atoms with Gasteiger partial charge in [0.2, 0.25) is 0 Å². The number of hydrogen-bond acceptors (Lipinski definition) is 2. The van der Waals surface area contributed by atoms with Crippen molar-refractivity contribution in [3.63, 3.8) is 0 Å². The van der Waals surface area contributed by atoms with Crippen LogP contribution in [0.4, 0.5) is 0 Å². The third-order valence-corrected chi connectivity index (χ3v) is 3.38. The number of halogens is 1. The average Bonchev–Trinajstić information content (AvgIpc) is 2.42. The molecule has 0 heterocycles. The van der Waals surface area contributed by atoms with E-state index >= 15 is 0 Å². The van der Waals surface area contributed by atoms with E-state index in [1.165, 1.54) is 0 Å². The van der Waals surface area contributed by atoms with Crippen molar-refractivity contribution in [1.29, 1.82) is 0 Å². The van der Waals surface area contributed by atoms with Crippen molar-refractivity contribution in [3.8, 4) is 0 Å². The molecule has 0 saturated heterocycles. The maximum absolute atomic E-state index is 11.9. The highest BCUT2D eigenvalue weighted by Gasteiger charge is 2.03. The molecule has 2 aromatic carbocycles. The second kappa shape index (κ2) is 6.48. The van der Waals surface area contributed by atoms with Crippen LogP contribution in [0.25, 0.3) is 0 Å². The molecule has 102 valence electrons. The van der Waals surface area contributed by atoms with Crippen LogP contribution in [0.15, 0.2) is 52.0 Å². The standard InChI is InChI=1S/C16H15BrN2O/c1-11-6-7-12(2)14(8-11)10-18-19-16(20)13-4-3-5-15(17)9-13/h3-10H,1-2H3,(H,19,20)/b18-10-. The predicted molar refractivity (Wildman–Crippen MR) is 85.1 cm³/mol. The molecule has 0 atom stereocenters. The summed E-state index contributed by atoms with van der Waals surface area (Å²) in [5, 5.41) is 4.01. The van der Waals surface area contributed by atoms with Gasteiger partial charge in [-0.25, -0.2) is 5.43 Å². The third-order valence-electron chi connectivity index (χ3n) is 2.89. The summed E-state index contributed by atoms with van der Waals surface area (Å²) in [6.07, 6.45) is 1.66. The first-order valence-electron chi connectivity index (χ1n) is 6.22. The van der Waals surface area contributed by atoms with Crippen molar-refractivity contribution < 1.29 is 4.79 Å². The lowest BCUT2D eigenvalue weighted by Gasteiger charge is -2.02. The maximum atomic E-state index is 11.9. The van der Waals surface area contributed by atoms with Gasteiger partial charge in [0.05, 0.1) is 6.21 Å². The number of amides is 1. The third kappa shape index (κ3) is 3.78. The van der Waals surface area contributed by atoms with Gasteiger partial charge in [-0.05, 0) is 43.2 Å². The van der Waals surface area contributed by atoms with Crippen LogP contribution in [-0.2, 0) is 0 Å². The van der Waals surface area contributed by atoms with E-state index in [0.29, 0.717) is 5.56 Å². The SMILES string of the molecule is Cc1ccc(C)c(/C=N\NC(=O)c2cccc(Br)c2)c1. The molecule has 2 aromatic rings. The highest BCUT2D eigenvalue weighted by molar-refractivity contribution is 9.10. The molecule has 0 aliphatic rings. The summed E-state index contributed by atoms with van der Waals surface area (Å²) in [6, 6.07) is 13.3. The highest BCUT2D eigenvalue weighted by atomic mass is 79.9. The molecule has 1 amide bonds. The summed E-state index contributed by atoms with van der Waals surface area (Å²) >= 11 is 3.33. The molecule has 0 spiro atoms. The number of hydrazone groups is 1. The fourth-order valence-corrected chi connectivity index (χ4v) is 2.15. The fourth-order valence-electron chi connectivity index (χ4n) is 1.75. The van der Waals surface area contributed by atoms with Gasteiger partial charge >= 0.3 is 0 Å². The summed E-state index contributed by atoms with van der Waals surface area (Å²) in [5.74, 6) is -0.229. The summed E-state index contributed by atoms with van der Waals surface area (Å²) in [5.41, 5.74) is 6.38. The van der Waals surface area contributed by atoms with Crippen LogP contribution in [0.1, 0.15) is 27.0 Å². The lowest BCUT2D eigenvalue weighted by Crippen LogP contribution is -2.17. The van der Waals surface area contributed by atoms with Crippen molar-refractivity contribution >= 4 is 28.1 Å². The van der Waals surface area contributed by atoms with Gasteiger partial charge in [-0.2, -0.15) is 5.10 Å². The highest BCUT2D eigenvalue weighted by Crippen LogP contribution is 2.11. The summed E-state index contributed by atoms with van der Waals surface area (Å²) in [7, 11) is 0. The van der Waals surface area contributed by atoms with E-state index in [-0.39, 0.29) is 5.91 Å². The second-order valence-electron chi connectivity index (χ2n) is 4.57. The molecule has 2 rings (SSSR count). The van der Waals surface area contributed by atoms with Crippen LogP contribution < -0.4 is 5.43 Å². The fraction of sp³-hybridized carbons (Fsp3) is 0.125. The minimum atomic E-state index is -0.229. The summed E-state index contributed by atoms with van der Waals surface area (Å²) in [4.78, 5) is 11.9. The van der Waals surface area contributed by atoms with Crippen LogP contribution in [0.2, 0.25) is 0 Å². The normalized spacial score (nSPS) is 10.8. The van der Waals surface area contributed by atoms with E-state index < -0.39 is 0 Å². The number of rotatable bonds is 3. The molecule has 0 bridgehead atoms. The van der Waals surface area contributed by atoms with Crippen molar-refractivity contribution in [2.75, 3.05) is 0 Å². The Morgan fingerprint density at radius 2 is 2.00 bits per heavy atom. The molecular formula is C16H15BrN2O. The average molecular weight is 331 g/mol. The molecule has 0 unspecified atom stereocenters. The van der Waals surface area contributed by atoms with Gasteiger partial charge in [0, 0.05) is 10.0 Å². The van der Waals surface area contributed by atoms with Gasteiger partial charge in [-0.3, -0.25) is 4.79 Å². The topological polar surface area (TPSA) is 41.5 Å². The lowest BCUT2D eigenvalue weighted by atomic mass is 10.1. The van der Waals surface area contributed by atoms with Gasteiger partial charge in [-0.1, -0.05) is 45.8 Å². The van der Waals surface area contributed by atoms with Crippen molar-refractivity contribution in [1.82, 2.24) is 5.43 Å². The quantitative estimate of drug-likeness (QED) is 0.674. The first-order valence-corrected chi connectivity index (χ1v) is 7.02. The van der Waals surface area contributed by atoms with E-state index in [1.807, 2.05) is 44.2 Å². The van der Waals surface area contributed by atoms with Crippen molar-refractivity contribution in [2.24, 2.45) is 5.10 Å². The molecule has 0 radical (unpaired) electrons. The number of carbonyl (C=O) groups is 1. The van der Waals surface area contributed by atoms with E-state index in [0.717, 1.165) is 21.2 Å². The number of carbonyl (C=O) groups excluding carboxylic acids is 1. The molecule has 0 aromatic heterocycles. The van der Waals surface area contributed by atoms with Gasteiger partial charge in [0.15, 0.2) is 0 Å². The second-order valence-corrected chi connectivity index (χ2v) is 5.49. The van der Waals surface area contributed by atoms with Crippen LogP contribution in [0.5, 0.6) is 0 Å². The Morgan fingerprint density at radius 1 is 1.20 bits per heavy atom. The number of nitrogens with one attached hydrogen (secondary N) is 1. The van der Waals surface area contributed by atoms with Gasteiger partial charge in [0.25, 0.3) is 5.91 Å². The minimum Gasteiger partial charge on any atom is -0.267 e. The number of benzene rings is 2. The number of hydrogen-bond donors (Lipinski definition) is 1. The Morgan fingerprint density at radius 3 is 2.75 bits per heavy atom. The van der Waals surface area contributed by atoms with Crippen LogP contribution in [0, 0.1) is 13.8 Å². The Hall–Kier alpha value is -1.94. The van der Waals surface area contributed by atoms with Crippen molar-refractivity contribution in [2.45, 2.75) is 13.8 Å². The molecule has 3 nitrogen and oxygen atoms in total. The van der Waals surface area contributed by atoms with E-state index in [9.17, 15) is 4.79 Å². The number of nitrogens with zero attached hydrogens (tertiary/aromatic N) is 1. The maximum Gasteiger partial charge on any atom is 0.271 e. The Balaban J connectivity index is 2.06. The van der Waals surface area contributed by atoms with Crippen molar-refractivity contribution in [3.05, 3.63) is 69.2 Å². The Bertz CT molecular complexity index is 665. The van der Waals surface area contributed by atoms with Crippen LogP contribution >= 0.6 is 15.9 Å². The first-order chi connectivity index (χ1) is 9.56. The lowest BCUT2D eigenvalue weighted by molar-refractivity contribution is 0.0955. The van der Waals surface area contributed by atoms with E-state index in [2.05, 4.69) is 26.5 Å². The molecule has 0 aliphatic heterocycles. The predicted octanol–water partition coefficient (Wildman–Crippen LogP) is 3.83. The van der Waals surface area contributed by atoms with Crippen LogP contribution in [0.3, 0.4) is 0 Å². The zero-order valence-corrected chi connectivity index (χ0v) is 12.9. The van der Waals surface area contributed by atoms with E-state index in [4.69, 9.17) is 0 Å². The smallest absolute Gasteiger partial charge is 0.267 e. The molecule has 0 saturated carbocycles. The minimum absolute atomic E-state index is 0.229. The Labute approximate surface area is 126 Å². The summed E-state index contributed by atoms with van der Waals surface area (Å²) in [6.45, 7) is 4.04. The summed E-state index contributed by atoms with van der Waals surface area (Å²) < 4.78 is 0.864. The number of aryl methyl sites for hydroxylation is 2. The monoisotopic (exact) mass is 330 g/mol. The molecule has 0 fully saturated rings. The molecular weight excluding hydrogens is 316 g/mol. The molecule has 4 heteroatoms. The largest absolute Gasteiger partial charge is 0.271 e.